The fourth-order valence-electron chi connectivity index (χ4n) is 3.79. The van der Waals surface area contributed by atoms with Crippen LogP contribution in [0.15, 0.2) is 66.7 Å². The van der Waals surface area contributed by atoms with E-state index in [2.05, 4.69) is 5.32 Å². The molecular weight excluding hydrogens is 404 g/mol. The van der Waals surface area contributed by atoms with Crippen LogP contribution in [0.1, 0.15) is 39.9 Å². The Morgan fingerprint density at radius 1 is 0.906 bits per heavy atom. The molecule has 0 unspecified atom stereocenters. The quantitative estimate of drug-likeness (QED) is 0.573. The summed E-state index contributed by atoms with van der Waals surface area (Å²) >= 11 is 0. The summed E-state index contributed by atoms with van der Waals surface area (Å²) in [7, 11) is 0. The van der Waals surface area contributed by atoms with Gasteiger partial charge >= 0.3 is 0 Å². The molecule has 1 heterocycles. The van der Waals surface area contributed by atoms with Gasteiger partial charge in [0.2, 0.25) is 11.8 Å². The number of ether oxygens (including phenoxy) is 1. The van der Waals surface area contributed by atoms with Gasteiger partial charge < -0.3 is 10.1 Å². The third-order valence-corrected chi connectivity index (χ3v) is 5.25. The maximum absolute atomic E-state index is 12.9. The summed E-state index contributed by atoms with van der Waals surface area (Å²) in [5.41, 5.74) is 4.75. The van der Waals surface area contributed by atoms with Gasteiger partial charge in [-0.25, -0.2) is 0 Å². The average Bonchev–Trinajstić information content (AvgIpc) is 3.10. The van der Waals surface area contributed by atoms with Gasteiger partial charge in [0.15, 0.2) is 0 Å². The van der Waals surface area contributed by atoms with Crippen molar-refractivity contribution in [3.05, 3.63) is 89.0 Å². The maximum Gasteiger partial charge on any atom is 0.259 e. The van der Waals surface area contributed by atoms with Crippen molar-refractivity contribution in [3.8, 4) is 5.75 Å². The molecule has 6 nitrogen and oxygen atoms in total. The van der Waals surface area contributed by atoms with Crippen LogP contribution < -0.4 is 15.0 Å². The predicted octanol–water partition coefficient (Wildman–Crippen LogP) is 4.79. The van der Waals surface area contributed by atoms with Gasteiger partial charge in [-0.2, -0.15) is 0 Å². The number of imide groups is 1. The highest BCUT2D eigenvalue weighted by Gasteiger charge is 2.30. The lowest BCUT2D eigenvalue weighted by Crippen LogP contribution is -2.28. The Bertz CT molecular complexity index is 1150. The number of amides is 3. The van der Waals surface area contributed by atoms with Gasteiger partial charge in [0, 0.05) is 18.5 Å². The van der Waals surface area contributed by atoms with Gasteiger partial charge in [-0.05, 0) is 66.9 Å². The first-order chi connectivity index (χ1) is 15.4. The van der Waals surface area contributed by atoms with Crippen LogP contribution in [0, 0.1) is 13.8 Å². The van der Waals surface area contributed by atoms with Crippen LogP contribution in [0.4, 0.5) is 11.4 Å². The Morgan fingerprint density at radius 2 is 1.53 bits per heavy atom. The Kier molecular flexibility index (Phi) is 6.03. The van der Waals surface area contributed by atoms with Gasteiger partial charge in [-0.1, -0.05) is 30.3 Å². The SMILES string of the molecule is Cc1cc(C)cc(NC(=O)c2ccccc2OCc2ccc(N3C(=O)CCC3=O)cc2)c1. The summed E-state index contributed by atoms with van der Waals surface area (Å²) in [6.45, 7) is 4.22. The molecule has 0 aromatic heterocycles. The minimum atomic E-state index is -0.244. The molecule has 1 saturated heterocycles. The standard InChI is InChI=1S/C26H24N2O4/c1-17-13-18(2)15-20(14-17)27-26(31)22-5-3-4-6-23(22)32-16-19-7-9-21(10-8-19)28-24(29)11-12-25(28)30/h3-10,13-15H,11-12,16H2,1-2H3,(H,27,31). The normalized spacial score (nSPS) is 13.4. The van der Waals surface area contributed by atoms with Crippen LogP contribution in [0.2, 0.25) is 0 Å². The first kappa shape index (κ1) is 21.3. The fourth-order valence-corrected chi connectivity index (χ4v) is 3.79. The number of aryl methyl sites for hydroxylation is 2. The summed E-state index contributed by atoms with van der Waals surface area (Å²) in [5, 5.41) is 2.94. The van der Waals surface area contributed by atoms with E-state index < -0.39 is 0 Å². The Hall–Kier alpha value is -3.93. The van der Waals surface area contributed by atoms with Crippen molar-refractivity contribution in [1.82, 2.24) is 0 Å². The van der Waals surface area contributed by atoms with E-state index >= 15 is 0 Å². The van der Waals surface area contributed by atoms with Crippen molar-refractivity contribution in [1.29, 1.82) is 0 Å². The summed E-state index contributed by atoms with van der Waals surface area (Å²) in [6.07, 6.45) is 0.509. The van der Waals surface area contributed by atoms with Crippen molar-refractivity contribution in [3.63, 3.8) is 0 Å². The van der Waals surface area contributed by atoms with Crippen molar-refractivity contribution in [2.75, 3.05) is 10.2 Å². The van der Waals surface area contributed by atoms with E-state index in [-0.39, 0.29) is 37.2 Å². The zero-order chi connectivity index (χ0) is 22.7. The van der Waals surface area contributed by atoms with Crippen LogP contribution in [0.3, 0.4) is 0 Å². The van der Waals surface area contributed by atoms with Crippen molar-refractivity contribution < 1.29 is 19.1 Å². The number of para-hydroxylation sites is 1. The lowest BCUT2D eigenvalue weighted by Gasteiger charge is -2.15. The number of hydrogen-bond donors (Lipinski definition) is 1. The van der Waals surface area contributed by atoms with Crippen LogP contribution in [-0.2, 0) is 16.2 Å². The zero-order valence-corrected chi connectivity index (χ0v) is 18.1. The third kappa shape index (κ3) is 4.70. The molecule has 1 N–H and O–H groups in total. The number of carbonyl (C=O) groups excluding carboxylic acids is 3. The molecule has 162 valence electrons. The van der Waals surface area contributed by atoms with Crippen molar-refractivity contribution >= 4 is 29.1 Å². The van der Waals surface area contributed by atoms with Gasteiger partial charge in [0.25, 0.3) is 5.91 Å². The molecule has 0 saturated carbocycles. The van der Waals surface area contributed by atoms with Crippen LogP contribution in [-0.4, -0.2) is 17.7 Å². The number of carbonyl (C=O) groups is 3. The summed E-state index contributed by atoms with van der Waals surface area (Å²) in [6, 6.07) is 20.1. The average molecular weight is 428 g/mol. The molecule has 0 spiro atoms. The molecule has 3 amide bonds. The molecule has 1 fully saturated rings. The first-order valence-electron chi connectivity index (χ1n) is 10.5. The molecule has 3 aromatic carbocycles. The lowest BCUT2D eigenvalue weighted by atomic mass is 10.1. The number of nitrogens with zero attached hydrogens (tertiary/aromatic N) is 1. The molecule has 0 atom stereocenters. The molecule has 6 heteroatoms. The molecule has 4 rings (SSSR count). The van der Waals surface area contributed by atoms with Crippen LogP contribution in [0.25, 0.3) is 0 Å². The van der Waals surface area contributed by atoms with E-state index in [0.29, 0.717) is 17.0 Å². The maximum atomic E-state index is 12.9. The monoisotopic (exact) mass is 428 g/mol. The first-order valence-corrected chi connectivity index (χ1v) is 10.5. The Balaban J connectivity index is 1.45. The van der Waals surface area contributed by atoms with Gasteiger partial charge in [-0.3, -0.25) is 19.3 Å². The lowest BCUT2D eigenvalue weighted by molar-refractivity contribution is -0.121. The zero-order valence-electron chi connectivity index (χ0n) is 18.1. The van der Waals surface area contributed by atoms with E-state index in [1.807, 2.05) is 50.2 Å². The van der Waals surface area contributed by atoms with Gasteiger partial charge in [0.1, 0.15) is 12.4 Å². The van der Waals surface area contributed by atoms with Gasteiger partial charge in [-0.15, -0.1) is 0 Å². The number of anilines is 2. The van der Waals surface area contributed by atoms with E-state index in [0.717, 1.165) is 22.4 Å². The van der Waals surface area contributed by atoms with Crippen LogP contribution in [0.5, 0.6) is 5.75 Å². The van der Waals surface area contributed by atoms with E-state index in [4.69, 9.17) is 4.74 Å². The molecule has 1 aliphatic rings. The summed E-state index contributed by atoms with van der Waals surface area (Å²) < 4.78 is 5.93. The molecule has 1 aliphatic heterocycles. The van der Waals surface area contributed by atoms with Crippen LogP contribution >= 0.6 is 0 Å². The molecule has 32 heavy (non-hydrogen) atoms. The number of hydrogen-bond acceptors (Lipinski definition) is 4. The van der Waals surface area contributed by atoms with E-state index in [9.17, 15) is 14.4 Å². The second-order valence-corrected chi connectivity index (χ2v) is 7.90. The molecule has 3 aromatic rings. The van der Waals surface area contributed by atoms with E-state index in [1.165, 1.54) is 4.90 Å². The summed E-state index contributed by atoms with van der Waals surface area (Å²) in [4.78, 5) is 37.9. The fraction of sp³-hybridized carbons (Fsp3) is 0.192. The third-order valence-electron chi connectivity index (χ3n) is 5.25. The molecule has 0 radical (unpaired) electrons. The van der Waals surface area contributed by atoms with Crippen molar-refractivity contribution in [2.45, 2.75) is 33.3 Å². The number of benzene rings is 3. The predicted molar refractivity (Wildman–Crippen MR) is 123 cm³/mol. The highest BCUT2D eigenvalue weighted by molar-refractivity contribution is 6.19. The summed E-state index contributed by atoms with van der Waals surface area (Å²) in [5.74, 6) is -0.124. The minimum absolute atomic E-state index is 0.178. The number of nitrogens with one attached hydrogen (secondary N) is 1. The molecule has 0 bridgehead atoms. The highest BCUT2D eigenvalue weighted by atomic mass is 16.5. The smallest absolute Gasteiger partial charge is 0.259 e. The Labute approximate surface area is 186 Å². The largest absolute Gasteiger partial charge is 0.488 e. The Morgan fingerprint density at radius 3 is 2.19 bits per heavy atom. The molecule has 0 aliphatic carbocycles. The highest BCUT2D eigenvalue weighted by Crippen LogP contribution is 2.25. The number of rotatable bonds is 6. The van der Waals surface area contributed by atoms with Crippen molar-refractivity contribution in [2.24, 2.45) is 0 Å². The van der Waals surface area contributed by atoms with Gasteiger partial charge in [0.05, 0.1) is 11.3 Å². The van der Waals surface area contributed by atoms with E-state index in [1.54, 1.807) is 30.3 Å². The minimum Gasteiger partial charge on any atom is -0.488 e. The second-order valence-electron chi connectivity index (χ2n) is 7.90. The topological polar surface area (TPSA) is 75.7 Å². The molecular formula is C26H24N2O4. The second kappa shape index (κ2) is 9.06.